The smallest absolute Gasteiger partial charge is 0.317 e. The Morgan fingerprint density at radius 1 is 1.35 bits per heavy atom. The summed E-state index contributed by atoms with van der Waals surface area (Å²) in [5.74, 6) is -1.50. The maximum atomic E-state index is 12.0. The molecule has 1 aromatic heterocycles. The Hall–Kier alpha value is -2.50. The first-order valence-electron chi connectivity index (χ1n) is 7.59. The van der Waals surface area contributed by atoms with E-state index in [1.807, 2.05) is 19.1 Å². The molecule has 0 aliphatic rings. The lowest BCUT2D eigenvalue weighted by Gasteiger charge is -2.20. The number of nitrogens with zero attached hydrogens (tertiary/aromatic N) is 1. The third-order valence-electron chi connectivity index (χ3n) is 4.13. The first-order valence-corrected chi connectivity index (χ1v) is 7.59. The number of H-pyrrole nitrogens is 1. The molecule has 1 atom stereocenters. The van der Waals surface area contributed by atoms with Gasteiger partial charge >= 0.3 is 12.0 Å². The molecule has 2 aromatic rings. The maximum Gasteiger partial charge on any atom is 0.317 e. The van der Waals surface area contributed by atoms with Crippen molar-refractivity contribution >= 4 is 22.9 Å². The average molecular weight is 317 g/mol. The number of aliphatic carboxylic acids is 1. The van der Waals surface area contributed by atoms with Crippen LogP contribution in [0.25, 0.3) is 10.9 Å². The number of carbonyl (C=O) groups is 2. The predicted molar refractivity (Wildman–Crippen MR) is 89.4 cm³/mol. The minimum Gasteiger partial charge on any atom is -0.481 e. The van der Waals surface area contributed by atoms with Crippen LogP contribution in [0.1, 0.15) is 23.7 Å². The first kappa shape index (κ1) is 16.9. The van der Waals surface area contributed by atoms with Gasteiger partial charge in [-0.1, -0.05) is 13.0 Å². The highest BCUT2D eigenvalue weighted by Gasteiger charge is 2.17. The summed E-state index contributed by atoms with van der Waals surface area (Å²) in [5, 5.41) is 12.9. The highest BCUT2D eigenvalue weighted by molar-refractivity contribution is 5.85. The molecule has 2 amide bonds. The van der Waals surface area contributed by atoms with Crippen LogP contribution in [-0.2, 0) is 11.3 Å². The number of nitrogens with one attached hydrogen (secondary N) is 2. The molecule has 0 saturated heterocycles. The quantitative estimate of drug-likeness (QED) is 0.792. The van der Waals surface area contributed by atoms with E-state index in [1.54, 1.807) is 14.0 Å². The van der Waals surface area contributed by atoms with Crippen LogP contribution in [-0.4, -0.2) is 40.6 Å². The average Bonchev–Trinajstić information content (AvgIpc) is 2.79. The zero-order chi connectivity index (χ0) is 17.1. The van der Waals surface area contributed by atoms with E-state index in [2.05, 4.69) is 23.3 Å². The van der Waals surface area contributed by atoms with Crippen molar-refractivity contribution in [1.82, 2.24) is 15.2 Å². The van der Waals surface area contributed by atoms with Gasteiger partial charge in [-0.3, -0.25) is 4.79 Å². The van der Waals surface area contributed by atoms with Gasteiger partial charge in [-0.25, -0.2) is 4.79 Å². The van der Waals surface area contributed by atoms with E-state index in [4.69, 9.17) is 5.11 Å². The zero-order valence-corrected chi connectivity index (χ0v) is 13.9. The number of carbonyl (C=O) groups excluding carboxylic acids is 1. The highest BCUT2D eigenvalue weighted by atomic mass is 16.4. The number of aromatic nitrogens is 1. The molecule has 6 nitrogen and oxygen atoms in total. The number of carboxylic acid groups (broad SMARTS) is 1. The molecule has 1 unspecified atom stereocenters. The number of aryl methyl sites for hydroxylation is 2. The van der Waals surface area contributed by atoms with Crippen LogP contribution in [0.3, 0.4) is 0 Å². The van der Waals surface area contributed by atoms with Gasteiger partial charge in [0.15, 0.2) is 0 Å². The zero-order valence-electron chi connectivity index (χ0n) is 13.9. The third kappa shape index (κ3) is 3.83. The lowest BCUT2D eigenvalue weighted by atomic mass is 10.1. The number of amides is 2. The summed E-state index contributed by atoms with van der Waals surface area (Å²) >= 11 is 0. The van der Waals surface area contributed by atoms with Crippen molar-refractivity contribution < 1.29 is 14.7 Å². The van der Waals surface area contributed by atoms with Crippen LogP contribution in [0.5, 0.6) is 0 Å². The Bertz CT molecular complexity index is 736. The molecule has 0 aliphatic carbocycles. The summed E-state index contributed by atoms with van der Waals surface area (Å²) in [7, 11) is 1.59. The van der Waals surface area contributed by atoms with Crippen LogP contribution < -0.4 is 5.32 Å². The van der Waals surface area contributed by atoms with Crippen LogP contribution in [0, 0.1) is 19.8 Å². The predicted octanol–water partition coefficient (Wildman–Crippen LogP) is 2.65. The van der Waals surface area contributed by atoms with Crippen molar-refractivity contribution in [3.63, 3.8) is 0 Å². The van der Waals surface area contributed by atoms with Gasteiger partial charge in [0.1, 0.15) is 0 Å². The minimum absolute atomic E-state index is 0.177. The molecule has 0 bridgehead atoms. The topological polar surface area (TPSA) is 85.4 Å². The molecule has 0 aliphatic heterocycles. The molecule has 6 heteroatoms. The normalized spacial score (nSPS) is 12.2. The van der Waals surface area contributed by atoms with E-state index in [9.17, 15) is 9.59 Å². The number of benzene rings is 1. The van der Waals surface area contributed by atoms with E-state index in [1.165, 1.54) is 10.5 Å². The fraction of sp³-hybridized carbons (Fsp3) is 0.412. The van der Waals surface area contributed by atoms with Gasteiger partial charge in [0, 0.05) is 36.7 Å². The van der Waals surface area contributed by atoms with E-state index >= 15 is 0 Å². The van der Waals surface area contributed by atoms with Gasteiger partial charge in [0.2, 0.25) is 0 Å². The second-order valence-corrected chi connectivity index (χ2v) is 6.03. The number of hydrogen-bond acceptors (Lipinski definition) is 2. The Morgan fingerprint density at radius 2 is 2.04 bits per heavy atom. The van der Waals surface area contributed by atoms with Crippen LogP contribution in [0.2, 0.25) is 0 Å². The summed E-state index contributed by atoms with van der Waals surface area (Å²) < 4.78 is 0. The van der Waals surface area contributed by atoms with Crippen molar-refractivity contribution in [2.45, 2.75) is 27.3 Å². The molecule has 1 heterocycles. The monoisotopic (exact) mass is 317 g/mol. The van der Waals surface area contributed by atoms with Gasteiger partial charge in [-0.05, 0) is 37.1 Å². The molecule has 23 heavy (non-hydrogen) atoms. The number of rotatable bonds is 5. The molecule has 0 radical (unpaired) electrons. The third-order valence-corrected chi connectivity index (χ3v) is 4.13. The van der Waals surface area contributed by atoms with Gasteiger partial charge in [-0.15, -0.1) is 0 Å². The maximum absolute atomic E-state index is 12.0. The number of fused-ring (bicyclic) bond motifs is 1. The van der Waals surface area contributed by atoms with E-state index in [0.717, 1.165) is 22.2 Å². The minimum atomic E-state index is -0.909. The molecular formula is C17H23N3O3. The number of aromatic amines is 1. The fourth-order valence-electron chi connectivity index (χ4n) is 2.50. The standard InChI is InChI=1S/C17H23N3O3/c1-10(16(21)22)9-20(4)17(23)18-8-13-5-6-15-14(7-13)11(2)12(3)19-15/h5-7,10,19H,8-9H2,1-4H3,(H,18,23)(H,21,22). The number of hydrogen-bond donors (Lipinski definition) is 3. The van der Waals surface area contributed by atoms with Crippen LogP contribution in [0.15, 0.2) is 18.2 Å². The van der Waals surface area contributed by atoms with Crippen molar-refractivity contribution in [2.75, 3.05) is 13.6 Å². The summed E-state index contributed by atoms with van der Waals surface area (Å²) in [6.07, 6.45) is 0. The molecule has 0 spiro atoms. The summed E-state index contributed by atoms with van der Waals surface area (Å²) in [6.45, 7) is 6.27. The molecular weight excluding hydrogens is 294 g/mol. The molecule has 3 N–H and O–H groups in total. The van der Waals surface area contributed by atoms with Gasteiger partial charge in [-0.2, -0.15) is 0 Å². The van der Waals surface area contributed by atoms with Gasteiger partial charge in [0.25, 0.3) is 0 Å². The molecule has 124 valence electrons. The summed E-state index contributed by atoms with van der Waals surface area (Å²) in [5.41, 5.74) is 4.44. The fourth-order valence-corrected chi connectivity index (χ4v) is 2.50. The molecule has 0 saturated carbocycles. The van der Waals surface area contributed by atoms with Gasteiger partial charge in [0.05, 0.1) is 5.92 Å². The SMILES string of the molecule is Cc1[nH]c2ccc(CNC(=O)N(C)CC(C)C(=O)O)cc2c1C. The molecule has 2 rings (SSSR count). The second kappa shape index (κ2) is 6.73. The van der Waals surface area contributed by atoms with Crippen LogP contribution in [0.4, 0.5) is 4.79 Å². The Morgan fingerprint density at radius 3 is 2.70 bits per heavy atom. The van der Waals surface area contributed by atoms with Crippen molar-refractivity contribution in [2.24, 2.45) is 5.92 Å². The van der Waals surface area contributed by atoms with Crippen molar-refractivity contribution in [1.29, 1.82) is 0 Å². The number of carboxylic acids is 1. The summed E-state index contributed by atoms with van der Waals surface area (Å²) in [6, 6.07) is 5.76. The first-order chi connectivity index (χ1) is 10.8. The summed E-state index contributed by atoms with van der Waals surface area (Å²) in [4.78, 5) is 27.6. The second-order valence-electron chi connectivity index (χ2n) is 6.03. The van der Waals surface area contributed by atoms with Crippen LogP contribution >= 0.6 is 0 Å². The van der Waals surface area contributed by atoms with Crippen molar-refractivity contribution in [3.05, 3.63) is 35.0 Å². The molecule has 0 fully saturated rings. The Kier molecular flexibility index (Phi) is 4.93. The Balaban J connectivity index is 1.98. The Labute approximate surface area is 135 Å². The van der Waals surface area contributed by atoms with E-state index in [0.29, 0.717) is 6.54 Å². The van der Waals surface area contributed by atoms with E-state index < -0.39 is 11.9 Å². The van der Waals surface area contributed by atoms with E-state index in [-0.39, 0.29) is 12.6 Å². The number of urea groups is 1. The van der Waals surface area contributed by atoms with Gasteiger partial charge < -0.3 is 20.3 Å². The largest absolute Gasteiger partial charge is 0.481 e. The lowest BCUT2D eigenvalue weighted by molar-refractivity contribution is -0.141. The highest BCUT2D eigenvalue weighted by Crippen LogP contribution is 2.22. The molecule has 1 aromatic carbocycles. The van der Waals surface area contributed by atoms with Crippen molar-refractivity contribution in [3.8, 4) is 0 Å². The lowest BCUT2D eigenvalue weighted by Crippen LogP contribution is -2.40.